The number of ether oxygens (including phenoxy) is 2. The van der Waals surface area contributed by atoms with Crippen LogP contribution in [0.3, 0.4) is 0 Å². The predicted molar refractivity (Wildman–Crippen MR) is 80.9 cm³/mol. The summed E-state index contributed by atoms with van der Waals surface area (Å²) < 4.78 is 11.0. The number of carbonyl (C=O) groups excluding carboxylic acids is 1. The van der Waals surface area contributed by atoms with Crippen molar-refractivity contribution in [3.05, 3.63) is 42.0 Å². The molecule has 21 heavy (non-hydrogen) atoms. The van der Waals surface area contributed by atoms with E-state index >= 15 is 0 Å². The van der Waals surface area contributed by atoms with Crippen molar-refractivity contribution < 1.29 is 14.3 Å². The van der Waals surface area contributed by atoms with Gasteiger partial charge in [0.25, 0.3) is 5.91 Å². The van der Waals surface area contributed by atoms with Gasteiger partial charge in [-0.2, -0.15) is 0 Å². The molecule has 1 amide bonds. The summed E-state index contributed by atoms with van der Waals surface area (Å²) in [7, 11) is 0. The third-order valence-corrected chi connectivity index (χ3v) is 4.02. The van der Waals surface area contributed by atoms with Gasteiger partial charge in [0.2, 0.25) is 0 Å². The summed E-state index contributed by atoms with van der Waals surface area (Å²) in [6.45, 7) is 1.12. The maximum absolute atomic E-state index is 11.3. The van der Waals surface area contributed by atoms with Gasteiger partial charge in [0.05, 0.1) is 5.56 Å². The summed E-state index contributed by atoms with van der Waals surface area (Å²) in [6.07, 6.45) is 0. The number of anilines is 1. The maximum Gasteiger partial charge on any atom is 0.250 e. The van der Waals surface area contributed by atoms with Gasteiger partial charge in [0, 0.05) is 15.5 Å². The minimum atomic E-state index is -0.530. The van der Waals surface area contributed by atoms with Crippen LogP contribution in [0.1, 0.15) is 10.4 Å². The number of hydrogen-bond donors (Lipinski definition) is 2. The Hall–Kier alpha value is -2.34. The summed E-state index contributed by atoms with van der Waals surface area (Å²) >= 11 is 1.50. The number of nitrogen functional groups attached to an aromatic ring is 1. The van der Waals surface area contributed by atoms with Gasteiger partial charge in [-0.15, -0.1) is 0 Å². The van der Waals surface area contributed by atoms with Crippen LogP contribution in [0.15, 0.2) is 46.2 Å². The molecule has 6 heteroatoms. The molecule has 0 saturated carbocycles. The van der Waals surface area contributed by atoms with E-state index in [-0.39, 0.29) is 0 Å². The van der Waals surface area contributed by atoms with Crippen LogP contribution in [0.4, 0.5) is 5.69 Å². The van der Waals surface area contributed by atoms with Crippen LogP contribution < -0.4 is 20.9 Å². The first-order chi connectivity index (χ1) is 10.1. The van der Waals surface area contributed by atoms with Gasteiger partial charge in [0.1, 0.15) is 13.2 Å². The molecule has 0 radical (unpaired) electrons. The van der Waals surface area contributed by atoms with Crippen LogP contribution in [-0.2, 0) is 0 Å². The van der Waals surface area contributed by atoms with Gasteiger partial charge < -0.3 is 20.9 Å². The van der Waals surface area contributed by atoms with E-state index in [4.69, 9.17) is 20.9 Å². The number of nitrogens with two attached hydrogens (primary N) is 2. The third-order valence-electron chi connectivity index (χ3n) is 3.04. The lowest BCUT2D eigenvalue weighted by Gasteiger charge is -2.18. The predicted octanol–water partition coefficient (Wildman–Crippen LogP) is 2.29. The van der Waals surface area contributed by atoms with Gasteiger partial charge >= 0.3 is 0 Å². The Kier molecular flexibility index (Phi) is 3.62. The normalized spacial score (nSPS) is 13.0. The molecular weight excluding hydrogens is 288 g/mol. The Balaban J connectivity index is 1.86. The minimum Gasteiger partial charge on any atom is -0.486 e. The van der Waals surface area contributed by atoms with Crippen molar-refractivity contribution in [1.82, 2.24) is 0 Å². The van der Waals surface area contributed by atoms with E-state index in [0.717, 1.165) is 21.3 Å². The van der Waals surface area contributed by atoms with Gasteiger partial charge in [-0.3, -0.25) is 4.79 Å². The fraction of sp³-hybridized carbons (Fsp3) is 0.133. The molecule has 2 aromatic carbocycles. The standard InChI is InChI=1S/C15H14N2O3S/c16-12-3-1-9(7-11(12)15(17)18)21-10-2-4-13-14(8-10)20-6-5-19-13/h1-4,7-8H,5-6,16H2,(H2,17,18). The number of benzene rings is 2. The van der Waals surface area contributed by atoms with Crippen LogP contribution in [0.2, 0.25) is 0 Å². The number of hydrogen-bond acceptors (Lipinski definition) is 5. The number of carbonyl (C=O) groups is 1. The maximum atomic E-state index is 11.3. The van der Waals surface area contributed by atoms with Crippen LogP contribution >= 0.6 is 11.8 Å². The molecule has 0 unspecified atom stereocenters. The van der Waals surface area contributed by atoms with Crippen molar-refractivity contribution in [2.45, 2.75) is 9.79 Å². The van der Waals surface area contributed by atoms with Crippen molar-refractivity contribution in [2.24, 2.45) is 5.73 Å². The molecule has 0 aromatic heterocycles. The Bertz CT molecular complexity index is 703. The summed E-state index contributed by atoms with van der Waals surface area (Å²) in [5, 5.41) is 0. The van der Waals surface area contributed by atoms with E-state index < -0.39 is 5.91 Å². The fourth-order valence-corrected chi connectivity index (χ4v) is 2.92. The second-order valence-electron chi connectivity index (χ2n) is 4.52. The minimum absolute atomic E-state index is 0.331. The van der Waals surface area contributed by atoms with Gasteiger partial charge in [-0.1, -0.05) is 11.8 Å². The third kappa shape index (κ3) is 2.90. The molecule has 0 aliphatic carbocycles. The average Bonchev–Trinajstić information content (AvgIpc) is 2.49. The molecular formula is C15H14N2O3S. The Morgan fingerprint density at radius 2 is 1.67 bits per heavy atom. The monoisotopic (exact) mass is 302 g/mol. The SMILES string of the molecule is NC(=O)c1cc(Sc2ccc3c(c2)OCCO3)ccc1N. The molecule has 0 bridgehead atoms. The molecule has 0 fully saturated rings. The lowest BCUT2D eigenvalue weighted by Crippen LogP contribution is -2.15. The summed E-state index contributed by atoms with van der Waals surface area (Å²) in [6, 6.07) is 11.0. The molecule has 1 heterocycles. The first-order valence-electron chi connectivity index (χ1n) is 6.40. The van der Waals surface area contributed by atoms with E-state index in [1.165, 1.54) is 11.8 Å². The van der Waals surface area contributed by atoms with Crippen LogP contribution in [0.5, 0.6) is 11.5 Å². The van der Waals surface area contributed by atoms with Crippen LogP contribution in [0, 0.1) is 0 Å². The van der Waals surface area contributed by atoms with E-state index in [0.29, 0.717) is 24.5 Å². The van der Waals surface area contributed by atoms with Gasteiger partial charge in [-0.25, -0.2) is 0 Å². The average molecular weight is 302 g/mol. The quantitative estimate of drug-likeness (QED) is 0.849. The van der Waals surface area contributed by atoms with Crippen LogP contribution in [0.25, 0.3) is 0 Å². The van der Waals surface area contributed by atoms with Crippen molar-refractivity contribution in [3.8, 4) is 11.5 Å². The largest absolute Gasteiger partial charge is 0.486 e. The molecule has 1 aliphatic rings. The smallest absolute Gasteiger partial charge is 0.250 e. The molecule has 108 valence electrons. The van der Waals surface area contributed by atoms with Crippen LogP contribution in [-0.4, -0.2) is 19.1 Å². The number of rotatable bonds is 3. The summed E-state index contributed by atoms with van der Waals surface area (Å²) in [5.74, 6) is 0.953. The molecule has 0 spiro atoms. The highest BCUT2D eigenvalue weighted by molar-refractivity contribution is 7.99. The molecule has 2 aromatic rings. The van der Waals surface area contributed by atoms with Crippen molar-refractivity contribution in [1.29, 1.82) is 0 Å². The zero-order valence-electron chi connectivity index (χ0n) is 11.2. The zero-order valence-corrected chi connectivity index (χ0v) is 12.0. The van der Waals surface area contributed by atoms with Crippen molar-refractivity contribution in [2.75, 3.05) is 18.9 Å². The molecule has 4 N–H and O–H groups in total. The highest BCUT2D eigenvalue weighted by Crippen LogP contribution is 2.37. The molecule has 1 aliphatic heterocycles. The van der Waals surface area contributed by atoms with E-state index in [1.54, 1.807) is 12.1 Å². The highest BCUT2D eigenvalue weighted by atomic mass is 32.2. The van der Waals surface area contributed by atoms with E-state index in [1.807, 2.05) is 24.3 Å². The topological polar surface area (TPSA) is 87.6 Å². The molecule has 3 rings (SSSR count). The molecule has 0 saturated heterocycles. The van der Waals surface area contributed by atoms with Crippen molar-refractivity contribution >= 4 is 23.4 Å². The fourth-order valence-electron chi connectivity index (χ4n) is 2.04. The lowest BCUT2D eigenvalue weighted by molar-refractivity contribution is 0.100. The summed E-state index contributed by atoms with van der Waals surface area (Å²) in [4.78, 5) is 13.2. The molecule has 5 nitrogen and oxygen atoms in total. The van der Waals surface area contributed by atoms with Gasteiger partial charge in [0.15, 0.2) is 11.5 Å². The molecule has 0 atom stereocenters. The van der Waals surface area contributed by atoms with Crippen molar-refractivity contribution in [3.63, 3.8) is 0 Å². The Morgan fingerprint density at radius 3 is 2.43 bits per heavy atom. The second-order valence-corrected chi connectivity index (χ2v) is 5.67. The van der Waals surface area contributed by atoms with E-state index in [2.05, 4.69) is 0 Å². The summed E-state index contributed by atoms with van der Waals surface area (Å²) in [5.41, 5.74) is 11.7. The number of primary amides is 1. The second kappa shape index (κ2) is 5.57. The number of amides is 1. The Labute approximate surface area is 126 Å². The Morgan fingerprint density at radius 1 is 1.00 bits per heavy atom. The van der Waals surface area contributed by atoms with Gasteiger partial charge in [-0.05, 0) is 36.4 Å². The highest BCUT2D eigenvalue weighted by Gasteiger charge is 2.13. The first-order valence-corrected chi connectivity index (χ1v) is 7.22. The lowest BCUT2D eigenvalue weighted by atomic mass is 10.2. The first kappa shape index (κ1) is 13.6. The number of fused-ring (bicyclic) bond motifs is 1. The zero-order chi connectivity index (χ0) is 14.8. The van der Waals surface area contributed by atoms with E-state index in [9.17, 15) is 4.79 Å².